The van der Waals surface area contributed by atoms with Crippen LogP contribution in [0, 0.1) is 0 Å². The fraction of sp³-hybridized carbons (Fsp3) is 0.0357. The highest BCUT2D eigenvalue weighted by molar-refractivity contribution is 7.95. The van der Waals surface area contributed by atoms with Gasteiger partial charge in [0.25, 0.3) is 0 Å². The monoisotopic (exact) mass is 437 g/mol. The largest absolute Gasteiger partial charge is 0.326 e. The van der Waals surface area contributed by atoms with Gasteiger partial charge in [-0.1, -0.05) is 91.0 Å². The number of ketones is 1. The van der Waals surface area contributed by atoms with Gasteiger partial charge in [0.05, 0.1) is 0 Å². The van der Waals surface area contributed by atoms with Gasteiger partial charge >= 0.3 is 0 Å². The third kappa shape index (κ3) is 4.49. The number of carbonyl (C=O) groups is 2. The maximum atomic E-state index is 13.6. The Bertz CT molecular complexity index is 1160. The number of benzene rings is 4. The summed E-state index contributed by atoms with van der Waals surface area (Å²) in [5.41, 5.74) is 1.26. The van der Waals surface area contributed by atoms with Crippen molar-refractivity contribution >= 4 is 46.0 Å². The summed E-state index contributed by atoms with van der Waals surface area (Å²) in [6, 6.07) is 37.8. The second-order valence-corrected chi connectivity index (χ2v) is 10.7. The summed E-state index contributed by atoms with van der Waals surface area (Å²) in [7, 11) is 0. The lowest BCUT2D eigenvalue weighted by atomic mass is 10.1. The number of amides is 1. The molecule has 0 aliphatic carbocycles. The number of anilines is 1. The molecule has 0 spiro atoms. The number of rotatable bonds is 6. The zero-order valence-electron chi connectivity index (χ0n) is 17.8. The average Bonchev–Trinajstić information content (AvgIpc) is 2.84. The Labute approximate surface area is 188 Å². The van der Waals surface area contributed by atoms with Crippen LogP contribution in [0.1, 0.15) is 17.3 Å². The molecular weight excluding hydrogens is 413 g/mol. The molecule has 0 radical (unpaired) electrons. The third-order valence-electron chi connectivity index (χ3n) is 5.29. The van der Waals surface area contributed by atoms with Crippen LogP contribution >= 0.6 is 6.89 Å². The van der Waals surface area contributed by atoms with Crippen molar-refractivity contribution in [2.24, 2.45) is 0 Å². The van der Waals surface area contributed by atoms with E-state index in [4.69, 9.17) is 0 Å². The van der Waals surface area contributed by atoms with Crippen LogP contribution < -0.4 is 21.2 Å². The Morgan fingerprint density at radius 3 is 1.41 bits per heavy atom. The zero-order chi connectivity index (χ0) is 22.4. The average molecular weight is 437 g/mol. The predicted octanol–water partition coefficient (Wildman–Crippen LogP) is 4.62. The molecule has 3 nitrogen and oxygen atoms in total. The number of hydrogen-bond donors (Lipinski definition) is 1. The summed E-state index contributed by atoms with van der Waals surface area (Å²) in [5, 5.41) is 6.12. The summed E-state index contributed by atoms with van der Waals surface area (Å²) in [6.45, 7) is -0.890. The van der Waals surface area contributed by atoms with E-state index in [-0.39, 0.29) is 11.7 Å². The highest BCUT2D eigenvalue weighted by atomic mass is 31.2. The van der Waals surface area contributed by atoms with E-state index in [1.165, 1.54) is 6.92 Å². The van der Waals surface area contributed by atoms with Crippen molar-refractivity contribution in [3.05, 3.63) is 121 Å². The van der Waals surface area contributed by atoms with Crippen molar-refractivity contribution < 1.29 is 9.59 Å². The van der Waals surface area contributed by atoms with Gasteiger partial charge in [0, 0.05) is 18.2 Å². The van der Waals surface area contributed by atoms with E-state index in [0.717, 1.165) is 15.9 Å². The fourth-order valence-electron chi connectivity index (χ4n) is 3.83. The molecule has 158 valence electrons. The highest BCUT2D eigenvalue weighted by Crippen LogP contribution is 2.43. The Hall–Kier alpha value is -3.68. The Balaban J connectivity index is 1.94. The second-order valence-electron chi connectivity index (χ2n) is 7.48. The molecule has 1 N–H and O–H groups in total. The lowest BCUT2D eigenvalue weighted by Gasteiger charge is -2.28. The Morgan fingerprint density at radius 1 is 0.625 bits per heavy atom. The number of Topliss-reactive ketones (excluding diaryl/α,β-unsaturated/α-hetero) is 1. The molecule has 0 saturated carbocycles. The van der Waals surface area contributed by atoms with Gasteiger partial charge in [-0.15, -0.1) is 0 Å². The molecule has 0 aliphatic rings. The van der Waals surface area contributed by atoms with Crippen LogP contribution in [-0.4, -0.2) is 17.5 Å². The number of carbonyl (C=O) groups excluding carboxylic acids is 2. The van der Waals surface area contributed by atoms with E-state index in [2.05, 4.69) is 41.7 Å². The van der Waals surface area contributed by atoms with Crippen LogP contribution in [0.15, 0.2) is 115 Å². The molecule has 4 heteroatoms. The van der Waals surface area contributed by atoms with Gasteiger partial charge in [0.15, 0.2) is 5.78 Å². The summed E-state index contributed by atoms with van der Waals surface area (Å²) in [5.74, 6) is 1.74. The molecule has 32 heavy (non-hydrogen) atoms. The molecular formula is C28H24NO2P. The van der Waals surface area contributed by atoms with Gasteiger partial charge in [-0.25, -0.2) is 0 Å². The van der Waals surface area contributed by atoms with Gasteiger partial charge in [-0.2, -0.15) is 0 Å². The maximum absolute atomic E-state index is 13.6. The minimum atomic E-state index is -2.35. The molecule has 1 amide bonds. The smallest absolute Gasteiger partial charge is 0.221 e. The van der Waals surface area contributed by atoms with E-state index in [0.29, 0.717) is 11.3 Å². The van der Waals surface area contributed by atoms with Gasteiger partial charge in [0.1, 0.15) is 0 Å². The SMILES string of the molecule is CC(=O)Nc1ccc(C(=O)C=P(c2ccccc2)(c2ccccc2)c2ccccc2)cc1. The van der Waals surface area contributed by atoms with Crippen LogP contribution in [0.4, 0.5) is 5.69 Å². The van der Waals surface area contributed by atoms with E-state index in [1.54, 1.807) is 24.3 Å². The molecule has 0 bridgehead atoms. The first-order chi connectivity index (χ1) is 15.6. The van der Waals surface area contributed by atoms with E-state index >= 15 is 0 Å². The lowest BCUT2D eigenvalue weighted by Crippen LogP contribution is -2.28. The van der Waals surface area contributed by atoms with Crippen molar-refractivity contribution in [2.45, 2.75) is 6.92 Å². The van der Waals surface area contributed by atoms with Crippen molar-refractivity contribution in [3.8, 4) is 0 Å². The highest BCUT2D eigenvalue weighted by Gasteiger charge is 2.26. The molecule has 0 saturated heterocycles. The Kier molecular flexibility index (Phi) is 6.49. The van der Waals surface area contributed by atoms with Crippen LogP contribution in [0.5, 0.6) is 0 Å². The van der Waals surface area contributed by atoms with Crippen LogP contribution in [-0.2, 0) is 4.79 Å². The minimum absolute atomic E-state index is 0.0377. The predicted molar refractivity (Wildman–Crippen MR) is 136 cm³/mol. The van der Waals surface area contributed by atoms with Gasteiger partial charge in [0.2, 0.25) is 5.91 Å². The second kappa shape index (κ2) is 9.64. The molecule has 0 aromatic heterocycles. The molecule has 4 aromatic carbocycles. The molecule has 0 unspecified atom stereocenters. The summed E-state index contributed by atoms with van der Waals surface area (Å²) >= 11 is 0. The van der Waals surface area contributed by atoms with Gasteiger partial charge in [-0.3, -0.25) is 9.59 Å². The summed E-state index contributed by atoms with van der Waals surface area (Å²) in [4.78, 5) is 24.9. The molecule has 0 heterocycles. The summed E-state index contributed by atoms with van der Waals surface area (Å²) < 4.78 is 0. The van der Waals surface area contributed by atoms with Crippen LogP contribution in [0.3, 0.4) is 0 Å². The van der Waals surface area contributed by atoms with Crippen LogP contribution in [0.2, 0.25) is 0 Å². The number of nitrogens with one attached hydrogen (secondary N) is 1. The minimum Gasteiger partial charge on any atom is -0.326 e. The van der Waals surface area contributed by atoms with Crippen LogP contribution in [0.25, 0.3) is 0 Å². The lowest BCUT2D eigenvalue weighted by molar-refractivity contribution is -0.114. The van der Waals surface area contributed by atoms with E-state index < -0.39 is 6.89 Å². The van der Waals surface area contributed by atoms with E-state index in [9.17, 15) is 9.59 Å². The molecule has 4 aromatic rings. The first-order valence-corrected chi connectivity index (χ1v) is 12.3. The topological polar surface area (TPSA) is 46.2 Å². The quantitative estimate of drug-likeness (QED) is 0.353. The van der Waals surface area contributed by atoms with Crippen molar-refractivity contribution in [3.63, 3.8) is 0 Å². The molecule has 0 atom stereocenters. The zero-order valence-corrected chi connectivity index (χ0v) is 18.7. The third-order valence-corrected chi connectivity index (χ3v) is 9.25. The molecule has 4 rings (SSSR count). The summed E-state index contributed by atoms with van der Waals surface area (Å²) in [6.07, 6.45) is 0. The standard InChI is InChI=1S/C28H24NO2P/c1-22(30)29-24-19-17-23(18-20-24)28(31)21-32(25-11-5-2-6-12-25,26-13-7-3-8-14-26)27-15-9-4-10-16-27/h2-21H,1H3,(H,29,30). The number of hydrogen-bond acceptors (Lipinski definition) is 2. The normalized spacial score (nSPS) is 10.9. The van der Waals surface area contributed by atoms with Crippen molar-refractivity contribution in [2.75, 3.05) is 5.32 Å². The molecule has 0 aliphatic heterocycles. The fourth-order valence-corrected chi connectivity index (χ4v) is 7.60. The molecule has 0 fully saturated rings. The first-order valence-electron chi connectivity index (χ1n) is 10.4. The van der Waals surface area contributed by atoms with Gasteiger partial charge < -0.3 is 5.32 Å². The van der Waals surface area contributed by atoms with Crippen molar-refractivity contribution in [1.82, 2.24) is 0 Å². The maximum Gasteiger partial charge on any atom is 0.221 e. The van der Waals surface area contributed by atoms with Crippen molar-refractivity contribution in [1.29, 1.82) is 0 Å². The van der Waals surface area contributed by atoms with E-state index in [1.807, 2.05) is 60.4 Å². The first kappa shape index (κ1) is 21.5. The van der Waals surface area contributed by atoms with Gasteiger partial charge in [-0.05, 0) is 52.9 Å². The Morgan fingerprint density at radius 2 is 1.03 bits per heavy atom.